The van der Waals surface area contributed by atoms with Crippen molar-refractivity contribution in [1.29, 1.82) is 0 Å². The Kier molecular flexibility index (Phi) is 5.03. The molecule has 146 valence electrons. The number of hydrogen-bond acceptors (Lipinski definition) is 4. The minimum absolute atomic E-state index is 0.0529. The standard InChI is InChI=1S/C22H24N2O4/c25-20(24-9-6-22(7-10-24)13-19(22)21(26)27)12-16-3-1-5-18(11-16)28-15-17-4-2-8-23-14-17/h1-5,8,11,14,19H,6-7,9-10,12-13,15H2,(H,26,27). The predicted octanol–water partition coefficient (Wildman–Crippen LogP) is 2.92. The van der Waals surface area contributed by atoms with Crippen molar-refractivity contribution in [3.63, 3.8) is 0 Å². The van der Waals surface area contributed by atoms with Gasteiger partial charge in [-0.3, -0.25) is 14.6 Å². The van der Waals surface area contributed by atoms with Crippen molar-refractivity contribution in [2.45, 2.75) is 32.3 Å². The largest absolute Gasteiger partial charge is 0.489 e. The zero-order valence-electron chi connectivity index (χ0n) is 15.7. The van der Waals surface area contributed by atoms with Crippen LogP contribution in [0.25, 0.3) is 0 Å². The van der Waals surface area contributed by atoms with Crippen molar-refractivity contribution >= 4 is 11.9 Å². The van der Waals surface area contributed by atoms with E-state index in [1.807, 2.05) is 41.3 Å². The van der Waals surface area contributed by atoms with Gasteiger partial charge in [0.25, 0.3) is 0 Å². The molecule has 1 aromatic carbocycles. The van der Waals surface area contributed by atoms with Gasteiger partial charge in [-0.2, -0.15) is 0 Å². The van der Waals surface area contributed by atoms with E-state index in [1.165, 1.54) is 0 Å². The molecule has 1 aliphatic heterocycles. The number of likely N-dealkylation sites (tertiary alicyclic amines) is 1. The summed E-state index contributed by atoms with van der Waals surface area (Å²) in [6.07, 6.45) is 6.18. The van der Waals surface area contributed by atoms with Crippen molar-refractivity contribution in [2.75, 3.05) is 13.1 Å². The number of nitrogens with zero attached hydrogens (tertiary/aromatic N) is 2. The Morgan fingerprint density at radius 3 is 2.64 bits per heavy atom. The third kappa shape index (κ3) is 4.01. The SMILES string of the molecule is O=C(O)C1CC12CCN(C(=O)Cc1cccc(OCc3cccnc3)c1)CC2. The second kappa shape index (κ2) is 7.62. The van der Waals surface area contributed by atoms with Gasteiger partial charge in [0.2, 0.25) is 5.91 Å². The predicted molar refractivity (Wildman–Crippen MR) is 103 cm³/mol. The Morgan fingerprint density at radius 1 is 1.18 bits per heavy atom. The Hall–Kier alpha value is -2.89. The third-order valence-corrected chi connectivity index (χ3v) is 5.98. The highest BCUT2D eigenvalue weighted by atomic mass is 16.5. The van der Waals surface area contributed by atoms with Gasteiger partial charge in [-0.05, 0) is 48.4 Å². The summed E-state index contributed by atoms with van der Waals surface area (Å²) in [7, 11) is 0. The molecule has 28 heavy (non-hydrogen) atoms. The first-order valence-corrected chi connectivity index (χ1v) is 9.67. The zero-order valence-corrected chi connectivity index (χ0v) is 15.7. The summed E-state index contributed by atoms with van der Waals surface area (Å²) in [5, 5.41) is 9.19. The summed E-state index contributed by atoms with van der Waals surface area (Å²) in [6.45, 7) is 1.74. The van der Waals surface area contributed by atoms with Gasteiger partial charge in [0.1, 0.15) is 12.4 Å². The minimum Gasteiger partial charge on any atom is -0.489 e. The molecule has 1 aliphatic carbocycles. The highest BCUT2D eigenvalue weighted by molar-refractivity contribution is 5.79. The maximum Gasteiger partial charge on any atom is 0.307 e. The van der Waals surface area contributed by atoms with Crippen LogP contribution in [-0.2, 0) is 22.6 Å². The molecule has 6 nitrogen and oxygen atoms in total. The lowest BCUT2D eigenvalue weighted by Gasteiger charge is -2.32. The van der Waals surface area contributed by atoms with Crippen molar-refractivity contribution in [3.05, 3.63) is 59.9 Å². The number of pyridine rings is 1. The monoisotopic (exact) mass is 380 g/mol. The molecule has 1 amide bonds. The summed E-state index contributed by atoms with van der Waals surface area (Å²) in [5.74, 6) is -0.0814. The Balaban J connectivity index is 1.30. The number of carbonyl (C=O) groups is 2. The van der Waals surface area contributed by atoms with Gasteiger partial charge in [-0.25, -0.2) is 0 Å². The highest BCUT2D eigenvalue weighted by Crippen LogP contribution is 2.59. The topological polar surface area (TPSA) is 79.7 Å². The van der Waals surface area contributed by atoms with Crippen LogP contribution in [0.3, 0.4) is 0 Å². The Labute approximate surface area is 164 Å². The number of amides is 1. The minimum atomic E-state index is -0.692. The number of carboxylic acid groups (broad SMARTS) is 1. The van der Waals surface area contributed by atoms with E-state index in [-0.39, 0.29) is 17.2 Å². The number of ether oxygens (including phenoxy) is 1. The smallest absolute Gasteiger partial charge is 0.307 e. The molecule has 2 aliphatic rings. The van der Waals surface area contributed by atoms with Gasteiger partial charge in [-0.15, -0.1) is 0 Å². The molecule has 2 heterocycles. The average Bonchev–Trinajstić information content (AvgIpc) is 3.42. The third-order valence-electron chi connectivity index (χ3n) is 5.98. The van der Waals surface area contributed by atoms with Gasteiger partial charge in [0.15, 0.2) is 0 Å². The average molecular weight is 380 g/mol. The fourth-order valence-electron chi connectivity index (χ4n) is 4.13. The summed E-state index contributed by atoms with van der Waals surface area (Å²) in [5.41, 5.74) is 1.86. The molecule has 6 heteroatoms. The van der Waals surface area contributed by atoms with E-state index in [4.69, 9.17) is 4.74 Å². The molecule has 0 radical (unpaired) electrons. The molecule has 1 atom stereocenters. The first-order valence-electron chi connectivity index (χ1n) is 9.67. The summed E-state index contributed by atoms with van der Waals surface area (Å²) >= 11 is 0. The van der Waals surface area contributed by atoms with E-state index in [9.17, 15) is 14.7 Å². The quantitative estimate of drug-likeness (QED) is 0.834. The molecule has 1 unspecified atom stereocenters. The summed E-state index contributed by atoms with van der Waals surface area (Å²) in [4.78, 5) is 29.8. The molecular formula is C22H24N2O4. The van der Waals surface area contributed by atoms with Crippen LogP contribution in [0.5, 0.6) is 5.75 Å². The zero-order chi connectivity index (χ0) is 19.6. The fourth-order valence-corrected chi connectivity index (χ4v) is 4.13. The van der Waals surface area contributed by atoms with E-state index in [0.29, 0.717) is 26.1 Å². The summed E-state index contributed by atoms with van der Waals surface area (Å²) in [6, 6.07) is 11.4. The Bertz CT molecular complexity index is 860. The van der Waals surface area contributed by atoms with Crippen LogP contribution in [0.1, 0.15) is 30.4 Å². The van der Waals surface area contributed by atoms with Crippen LogP contribution < -0.4 is 4.74 Å². The number of rotatable bonds is 6. The maximum atomic E-state index is 12.7. The molecular weight excluding hydrogens is 356 g/mol. The van der Waals surface area contributed by atoms with Gasteiger partial charge in [0.05, 0.1) is 12.3 Å². The molecule has 2 aromatic rings. The molecule has 2 fully saturated rings. The van der Waals surface area contributed by atoms with Crippen LogP contribution >= 0.6 is 0 Å². The van der Waals surface area contributed by atoms with E-state index < -0.39 is 5.97 Å². The lowest BCUT2D eigenvalue weighted by Crippen LogP contribution is -2.40. The highest BCUT2D eigenvalue weighted by Gasteiger charge is 2.59. The van der Waals surface area contributed by atoms with E-state index in [1.54, 1.807) is 12.4 Å². The van der Waals surface area contributed by atoms with E-state index in [2.05, 4.69) is 4.98 Å². The van der Waals surface area contributed by atoms with Gasteiger partial charge in [-0.1, -0.05) is 18.2 Å². The number of carboxylic acids is 1. The molecule has 4 rings (SSSR count). The number of carbonyl (C=O) groups excluding carboxylic acids is 1. The van der Waals surface area contributed by atoms with Crippen LogP contribution in [0.4, 0.5) is 0 Å². The van der Waals surface area contributed by atoms with Crippen molar-refractivity contribution in [3.8, 4) is 5.75 Å². The second-order valence-electron chi connectivity index (χ2n) is 7.81. The number of piperidine rings is 1. The number of aliphatic carboxylic acids is 1. The molecule has 1 saturated heterocycles. The van der Waals surface area contributed by atoms with Gasteiger partial charge in [0, 0.05) is 31.0 Å². The molecule has 1 N–H and O–H groups in total. The van der Waals surface area contributed by atoms with Crippen LogP contribution in [0.15, 0.2) is 48.8 Å². The normalized spacial score (nSPS) is 20.0. The maximum absolute atomic E-state index is 12.7. The van der Waals surface area contributed by atoms with Gasteiger partial charge < -0.3 is 14.7 Å². The molecule has 1 aromatic heterocycles. The number of benzene rings is 1. The number of hydrogen-bond donors (Lipinski definition) is 1. The molecule has 0 bridgehead atoms. The van der Waals surface area contributed by atoms with Crippen molar-refractivity contribution in [2.24, 2.45) is 11.3 Å². The Morgan fingerprint density at radius 2 is 1.96 bits per heavy atom. The van der Waals surface area contributed by atoms with E-state index >= 15 is 0 Å². The van der Waals surface area contributed by atoms with E-state index in [0.717, 1.165) is 36.1 Å². The lowest BCUT2D eigenvalue weighted by molar-refractivity contribution is -0.139. The second-order valence-corrected chi connectivity index (χ2v) is 7.81. The lowest BCUT2D eigenvalue weighted by atomic mass is 9.90. The molecule has 1 spiro atoms. The molecule has 1 saturated carbocycles. The van der Waals surface area contributed by atoms with Crippen molar-refractivity contribution in [1.82, 2.24) is 9.88 Å². The van der Waals surface area contributed by atoms with Crippen molar-refractivity contribution < 1.29 is 19.4 Å². The van der Waals surface area contributed by atoms with Gasteiger partial charge >= 0.3 is 5.97 Å². The fraction of sp³-hybridized carbons (Fsp3) is 0.409. The van der Waals surface area contributed by atoms with Crippen LogP contribution in [0, 0.1) is 11.3 Å². The van der Waals surface area contributed by atoms with Crippen LogP contribution in [-0.4, -0.2) is 40.0 Å². The summed E-state index contributed by atoms with van der Waals surface area (Å²) < 4.78 is 5.81. The first-order chi connectivity index (χ1) is 13.6. The first kappa shape index (κ1) is 18.5. The number of aromatic nitrogens is 1. The van der Waals surface area contributed by atoms with Crippen LogP contribution in [0.2, 0.25) is 0 Å².